The molecule has 2 aromatic rings. The van der Waals surface area contributed by atoms with Crippen LogP contribution in [0.1, 0.15) is 43.6 Å². The fourth-order valence-corrected chi connectivity index (χ4v) is 4.45. The van der Waals surface area contributed by atoms with Gasteiger partial charge in [-0.15, -0.1) is 0 Å². The van der Waals surface area contributed by atoms with Gasteiger partial charge in [0.15, 0.2) is 0 Å². The molecule has 0 radical (unpaired) electrons. The Morgan fingerprint density at radius 1 is 1.03 bits per heavy atom. The van der Waals surface area contributed by atoms with Crippen LogP contribution < -0.4 is 16.0 Å². The average molecular weight is 465 g/mol. The fourth-order valence-electron chi connectivity index (χ4n) is 2.96. The van der Waals surface area contributed by atoms with E-state index in [0.717, 1.165) is 23.8 Å². The number of anilines is 1. The second-order valence-electron chi connectivity index (χ2n) is 7.36. The molecular formula is C22H29FN4O4S. The van der Waals surface area contributed by atoms with E-state index in [4.69, 9.17) is 0 Å². The summed E-state index contributed by atoms with van der Waals surface area (Å²) in [5, 5.41) is 7.99. The van der Waals surface area contributed by atoms with Crippen molar-refractivity contribution in [2.45, 2.75) is 45.2 Å². The van der Waals surface area contributed by atoms with E-state index in [0.29, 0.717) is 5.69 Å². The van der Waals surface area contributed by atoms with E-state index in [1.165, 1.54) is 4.31 Å². The van der Waals surface area contributed by atoms with Gasteiger partial charge in [0, 0.05) is 31.4 Å². The molecule has 0 aliphatic rings. The molecule has 3 amide bonds. The molecule has 2 aromatic carbocycles. The number of nitrogens with one attached hydrogen (secondary N) is 3. The van der Waals surface area contributed by atoms with Crippen molar-refractivity contribution in [3.8, 4) is 0 Å². The Hall–Kier alpha value is -2.98. The van der Waals surface area contributed by atoms with Crippen LogP contribution in [0.15, 0.2) is 47.4 Å². The highest BCUT2D eigenvalue weighted by atomic mass is 32.2. The Bertz CT molecular complexity index is 1050. The lowest BCUT2D eigenvalue weighted by Gasteiger charge is -2.19. The summed E-state index contributed by atoms with van der Waals surface area (Å²) in [6.07, 6.45) is 0. The van der Waals surface area contributed by atoms with Crippen LogP contribution in [-0.2, 0) is 16.6 Å². The topological polar surface area (TPSA) is 108 Å². The summed E-state index contributed by atoms with van der Waals surface area (Å²) in [6, 6.07) is 9.65. The van der Waals surface area contributed by atoms with Crippen molar-refractivity contribution in [1.29, 1.82) is 0 Å². The van der Waals surface area contributed by atoms with E-state index in [9.17, 15) is 22.4 Å². The molecule has 0 aromatic heterocycles. The Kier molecular flexibility index (Phi) is 8.73. The summed E-state index contributed by atoms with van der Waals surface area (Å²) in [6.45, 7) is 7.74. The molecule has 8 nitrogen and oxygen atoms in total. The molecule has 2 rings (SSSR count). The highest BCUT2D eigenvalue weighted by molar-refractivity contribution is 7.89. The Morgan fingerprint density at radius 2 is 1.66 bits per heavy atom. The predicted octanol–water partition coefficient (Wildman–Crippen LogP) is 3.32. The standard InChI is InChI=1S/C22H29FN4O4S/c1-5-27(6-2)32(30,31)18-11-12-20(23)19(13-18)21(28)24-14-16-7-9-17(10-8-16)26-22(29)25-15(3)4/h7-13,15H,5-6,14H2,1-4H3,(H,24,28)(H2,25,26,29). The van der Waals surface area contributed by atoms with Crippen LogP contribution in [0.4, 0.5) is 14.9 Å². The summed E-state index contributed by atoms with van der Waals surface area (Å²) < 4.78 is 40.8. The number of halogens is 1. The maximum absolute atomic E-state index is 14.2. The van der Waals surface area contributed by atoms with Crippen molar-refractivity contribution in [3.05, 3.63) is 59.4 Å². The Labute approximate surface area is 188 Å². The van der Waals surface area contributed by atoms with E-state index in [-0.39, 0.29) is 42.2 Å². The van der Waals surface area contributed by atoms with E-state index in [1.54, 1.807) is 38.1 Å². The number of benzene rings is 2. The highest BCUT2D eigenvalue weighted by Gasteiger charge is 2.24. The van der Waals surface area contributed by atoms with Gasteiger partial charge in [0.05, 0.1) is 10.5 Å². The molecule has 0 atom stereocenters. The third-order valence-electron chi connectivity index (χ3n) is 4.61. The zero-order chi connectivity index (χ0) is 23.9. The number of carbonyl (C=O) groups is 2. The Balaban J connectivity index is 2.08. The maximum Gasteiger partial charge on any atom is 0.319 e. The second-order valence-corrected chi connectivity index (χ2v) is 9.30. The molecular weight excluding hydrogens is 435 g/mol. The number of hydrogen-bond donors (Lipinski definition) is 3. The third kappa shape index (κ3) is 6.51. The summed E-state index contributed by atoms with van der Waals surface area (Å²) >= 11 is 0. The van der Waals surface area contributed by atoms with Gasteiger partial charge in [0.25, 0.3) is 5.91 Å². The smallest absolute Gasteiger partial charge is 0.319 e. The maximum atomic E-state index is 14.2. The molecule has 0 heterocycles. The fraction of sp³-hybridized carbons (Fsp3) is 0.364. The van der Waals surface area contributed by atoms with Crippen LogP contribution in [-0.4, -0.2) is 43.8 Å². The van der Waals surface area contributed by atoms with Gasteiger partial charge < -0.3 is 16.0 Å². The number of carbonyl (C=O) groups excluding carboxylic acids is 2. The molecule has 0 fully saturated rings. The van der Waals surface area contributed by atoms with Gasteiger partial charge in [-0.2, -0.15) is 4.31 Å². The lowest BCUT2D eigenvalue weighted by molar-refractivity contribution is 0.0946. The quantitative estimate of drug-likeness (QED) is 0.529. The molecule has 0 unspecified atom stereocenters. The summed E-state index contributed by atoms with van der Waals surface area (Å²) in [7, 11) is -3.82. The van der Waals surface area contributed by atoms with E-state index >= 15 is 0 Å². The van der Waals surface area contributed by atoms with Crippen LogP contribution in [0, 0.1) is 5.82 Å². The van der Waals surface area contributed by atoms with Gasteiger partial charge in [-0.1, -0.05) is 26.0 Å². The van der Waals surface area contributed by atoms with Gasteiger partial charge in [-0.25, -0.2) is 17.6 Å². The normalized spacial score (nSPS) is 11.5. The minimum atomic E-state index is -3.82. The molecule has 3 N–H and O–H groups in total. The minimum Gasteiger partial charge on any atom is -0.348 e. The molecule has 0 saturated heterocycles. The summed E-state index contributed by atoms with van der Waals surface area (Å²) in [5.41, 5.74) is 0.959. The minimum absolute atomic E-state index is 0.00499. The van der Waals surface area contributed by atoms with Crippen molar-refractivity contribution in [2.75, 3.05) is 18.4 Å². The molecule has 0 aliphatic carbocycles. The van der Waals surface area contributed by atoms with Crippen LogP contribution in [0.5, 0.6) is 0 Å². The van der Waals surface area contributed by atoms with E-state index in [2.05, 4.69) is 16.0 Å². The molecule has 0 saturated carbocycles. The van der Waals surface area contributed by atoms with E-state index in [1.807, 2.05) is 13.8 Å². The van der Waals surface area contributed by atoms with Gasteiger partial charge in [0.1, 0.15) is 5.82 Å². The molecule has 10 heteroatoms. The highest BCUT2D eigenvalue weighted by Crippen LogP contribution is 2.19. The molecule has 0 aliphatic heterocycles. The van der Waals surface area contributed by atoms with Crippen LogP contribution in [0.2, 0.25) is 0 Å². The largest absolute Gasteiger partial charge is 0.348 e. The lowest BCUT2D eigenvalue weighted by atomic mass is 10.1. The number of hydrogen-bond acceptors (Lipinski definition) is 4. The Morgan fingerprint density at radius 3 is 2.22 bits per heavy atom. The molecule has 0 bridgehead atoms. The SMILES string of the molecule is CCN(CC)S(=O)(=O)c1ccc(F)c(C(=O)NCc2ccc(NC(=O)NC(C)C)cc2)c1. The number of nitrogens with zero attached hydrogens (tertiary/aromatic N) is 1. The summed E-state index contributed by atoms with van der Waals surface area (Å²) in [5.74, 6) is -1.53. The lowest BCUT2D eigenvalue weighted by Crippen LogP contribution is -2.34. The molecule has 174 valence electrons. The van der Waals surface area contributed by atoms with Gasteiger partial charge in [0.2, 0.25) is 10.0 Å². The van der Waals surface area contributed by atoms with Crippen molar-refractivity contribution in [3.63, 3.8) is 0 Å². The molecule has 0 spiro atoms. The van der Waals surface area contributed by atoms with Crippen molar-refractivity contribution < 1.29 is 22.4 Å². The number of rotatable bonds is 9. The number of urea groups is 1. The zero-order valence-electron chi connectivity index (χ0n) is 18.6. The van der Waals surface area contributed by atoms with Crippen LogP contribution in [0.25, 0.3) is 0 Å². The van der Waals surface area contributed by atoms with Crippen LogP contribution in [0.3, 0.4) is 0 Å². The van der Waals surface area contributed by atoms with Gasteiger partial charge >= 0.3 is 6.03 Å². The van der Waals surface area contributed by atoms with Gasteiger partial charge in [-0.3, -0.25) is 4.79 Å². The number of amides is 3. The first-order chi connectivity index (χ1) is 15.1. The number of sulfonamides is 1. The van der Waals surface area contributed by atoms with Crippen LogP contribution >= 0.6 is 0 Å². The van der Waals surface area contributed by atoms with Crippen molar-refractivity contribution >= 4 is 27.6 Å². The first kappa shape index (κ1) is 25.3. The third-order valence-corrected chi connectivity index (χ3v) is 6.66. The zero-order valence-corrected chi connectivity index (χ0v) is 19.4. The average Bonchev–Trinajstić information content (AvgIpc) is 2.73. The van der Waals surface area contributed by atoms with Gasteiger partial charge in [-0.05, 0) is 49.7 Å². The first-order valence-electron chi connectivity index (χ1n) is 10.3. The van der Waals surface area contributed by atoms with Crippen molar-refractivity contribution in [1.82, 2.24) is 14.9 Å². The monoisotopic (exact) mass is 464 g/mol. The first-order valence-corrected chi connectivity index (χ1v) is 11.8. The summed E-state index contributed by atoms with van der Waals surface area (Å²) in [4.78, 5) is 24.1. The second kappa shape index (κ2) is 11.1. The predicted molar refractivity (Wildman–Crippen MR) is 121 cm³/mol. The van der Waals surface area contributed by atoms with Crippen molar-refractivity contribution in [2.24, 2.45) is 0 Å². The molecule has 32 heavy (non-hydrogen) atoms. The van der Waals surface area contributed by atoms with E-state index < -0.39 is 21.7 Å².